The first-order chi connectivity index (χ1) is 14.3. The first kappa shape index (κ1) is 19.5. The van der Waals surface area contributed by atoms with Gasteiger partial charge < -0.3 is 15.1 Å². The molecule has 5 heteroatoms. The third kappa shape index (κ3) is 4.97. The van der Waals surface area contributed by atoms with E-state index in [0.717, 1.165) is 50.9 Å². The molecule has 152 valence electrons. The van der Waals surface area contributed by atoms with Crippen LogP contribution in [0.5, 0.6) is 0 Å². The molecule has 0 spiro atoms. The molecule has 3 heterocycles. The summed E-state index contributed by atoms with van der Waals surface area (Å²) >= 11 is 0. The van der Waals surface area contributed by atoms with Gasteiger partial charge in [0.1, 0.15) is 5.82 Å². The van der Waals surface area contributed by atoms with Crippen molar-refractivity contribution in [2.45, 2.75) is 32.7 Å². The van der Waals surface area contributed by atoms with Crippen molar-refractivity contribution in [1.82, 2.24) is 15.2 Å². The molecule has 29 heavy (non-hydrogen) atoms. The number of anilines is 1. The molecule has 0 bridgehead atoms. The number of pyridine rings is 1. The molecule has 0 saturated carbocycles. The Kier molecular flexibility index (Phi) is 6.45. The van der Waals surface area contributed by atoms with Gasteiger partial charge in [0, 0.05) is 38.9 Å². The van der Waals surface area contributed by atoms with Gasteiger partial charge in [-0.25, -0.2) is 9.98 Å². The van der Waals surface area contributed by atoms with Gasteiger partial charge in [0.25, 0.3) is 0 Å². The van der Waals surface area contributed by atoms with E-state index in [2.05, 4.69) is 75.6 Å². The molecular formula is C24H31N5. The highest BCUT2D eigenvalue weighted by Gasteiger charge is 2.17. The summed E-state index contributed by atoms with van der Waals surface area (Å²) in [4.78, 5) is 14.2. The van der Waals surface area contributed by atoms with Crippen molar-refractivity contribution in [3.63, 3.8) is 0 Å². The fourth-order valence-electron chi connectivity index (χ4n) is 4.05. The Morgan fingerprint density at radius 2 is 1.93 bits per heavy atom. The molecule has 1 aromatic carbocycles. The van der Waals surface area contributed by atoms with Crippen LogP contribution in [-0.2, 0) is 6.54 Å². The van der Waals surface area contributed by atoms with Crippen molar-refractivity contribution in [2.75, 3.05) is 37.6 Å². The second-order valence-electron chi connectivity index (χ2n) is 7.68. The van der Waals surface area contributed by atoms with Gasteiger partial charge in [0.15, 0.2) is 5.96 Å². The highest BCUT2D eigenvalue weighted by molar-refractivity contribution is 5.81. The topological polar surface area (TPSA) is 43.8 Å². The summed E-state index contributed by atoms with van der Waals surface area (Å²) in [5.74, 6) is 2.09. The zero-order valence-electron chi connectivity index (χ0n) is 17.3. The van der Waals surface area contributed by atoms with Crippen molar-refractivity contribution >= 4 is 17.4 Å². The summed E-state index contributed by atoms with van der Waals surface area (Å²) < 4.78 is 0. The summed E-state index contributed by atoms with van der Waals surface area (Å²) in [6.07, 6.45) is 7.83. The molecule has 0 aliphatic carbocycles. The second kappa shape index (κ2) is 9.59. The molecule has 0 amide bonds. The Morgan fingerprint density at radius 3 is 2.66 bits per heavy atom. The molecule has 0 unspecified atom stereocenters. The van der Waals surface area contributed by atoms with Crippen LogP contribution in [-0.4, -0.2) is 48.6 Å². The summed E-state index contributed by atoms with van der Waals surface area (Å²) in [5, 5.41) is 3.47. The Morgan fingerprint density at radius 1 is 1.10 bits per heavy atom. The molecule has 0 radical (unpaired) electrons. The maximum Gasteiger partial charge on any atom is 0.194 e. The van der Waals surface area contributed by atoms with Crippen molar-refractivity contribution in [3.05, 3.63) is 65.9 Å². The van der Waals surface area contributed by atoms with E-state index < -0.39 is 0 Å². The number of hydrogen-bond donors (Lipinski definition) is 1. The zero-order chi connectivity index (χ0) is 19.9. The lowest BCUT2D eigenvalue weighted by atomic mass is 10.00. The Bertz CT molecular complexity index is 853. The third-order valence-corrected chi connectivity index (χ3v) is 5.64. The molecule has 1 saturated heterocycles. The van der Waals surface area contributed by atoms with Crippen LogP contribution < -0.4 is 10.2 Å². The minimum Gasteiger partial charge on any atom is -0.357 e. The molecule has 1 fully saturated rings. The van der Waals surface area contributed by atoms with Crippen LogP contribution in [0.3, 0.4) is 0 Å². The van der Waals surface area contributed by atoms with E-state index >= 15 is 0 Å². The van der Waals surface area contributed by atoms with Crippen LogP contribution in [0.25, 0.3) is 5.57 Å². The fraction of sp³-hybridized carbons (Fsp3) is 0.417. The monoisotopic (exact) mass is 389 g/mol. The summed E-state index contributed by atoms with van der Waals surface area (Å²) in [5.41, 5.74) is 3.98. The smallest absolute Gasteiger partial charge is 0.194 e. The maximum absolute atomic E-state index is 4.93. The van der Waals surface area contributed by atoms with Crippen LogP contribution in [0.2, 0.25) is 0 Å². The summed E-state index contributed by atoms with van der Waals surface area (Å²) in [7, 11) is 0. The lowest BCUT2D eigenvalue weighted by Crippen LogP contribution is -2.43. The molecule has 2 aromatic rings. The first-order valence-corrected chi connectivity index (χ1v) is 10.8. The van der Waals surface area contributed by atoms with E-state index in [1.165, 1.54) is 29.5 Å². The van der Waals surface area contributed by atoms with Crippen LogP contribution in [0.15, 0.2) is 59.7 Å². The number of nitrogens with one attached hydrogen (secondary N) is 1. The molecular weight excluding hydrogens is 358 g/mol. The average molecular weight is 390 g/mol. The Balaban J connectivity index is 1.43. The van der Waals surface area contributed by atoms with E-state index in [0.29, 0.717) is 6.54 Å². The molecule has 2 aliphatic heterocycles. The van der Waals surface area contributed by atoms with Gasteiger partial charge in [0.05, 0.1) is 6.54 Å². The highest BCUT2D eigenvalue weighted by Crippen LogP contribution is 2.22. The third-order valence-electron chi connectivity index (χ3n) is 5.64. The van der Waals surface area contributed by atoms with Crippen LogP contribution in [0.1, 0.15) is 37.3 Å². The number of aliphatic imine (C=N–C) groups is 1. The van der Waals surface area contributed by atoms with Gasteiger partial charge in [-0.2, -0.15) is 0 Å². The standard InChI is InChI=1S/C24H31N5/c1-2-25-24(29-16-11-22(12-17-29)21-8-4-3-5-9-21)27-19-20-10-13-26-23(18-20)28-14-6-7-15-28/h3-5,8-11,13,18H,2,6-7,12,14-17,19H2,1H3,(H,25,27). The lowest BCUT2D eigenvalue weighted by molar-refractivity contribution is 0.440. The predicted molar refractivity (Wildman–Crippen MR) is 121 cm³/mol. The largest absolute Gasteiger partial charge is 0.357 e. The Hall–Kier alpha value is -2.82. The van der Waals surface area contributed by atoms with E-state index in [9.17, 15) is 0 Å². The normalized spacial score (nSPS) is 17.4. The Labute approximate surface area is 174 Å². The summed E-state index contributed by atoms with van der Waals surface area (Å²) in [6, 6.07) is 15.0. The van der Waals surface area contributed by atoms with E-state index in [1.54, 1.807) is 0 Å². The van der Waals surface area contributed by atoms with Crippen LogP contribution in [0.4, 0.5) is 5.82 Å². The van der Waals surface area contributed by atoms with E-state index in [-0.39, 0.29) is 0 Å². The molecule has 2 aliphatic rings. The average Bonchev–Trinajstić information content (AvgIpc) is 3.33. The van der Waals surface area contributed by atoms with Gasteiger partial charge in [-0.3, -0.25) is 0 Å². The quantitative estimate of drug-likeness (QED) is 0.621. The SMILES string of the molecule is CCNC(=NCc1ccnc(N2CCCC2)c1)N1CC=C(c2ccccc2)CC1. The number of benzene rings is 1. The van der Waals surface area contributed by atoms with Gasteiger partial charge in [-0.1, -0.05) is 36.4 Å². The number of nitrogens with zero attached hydrogens (tertiary/aromatic N) is 4. The van der Waals surface area contributed by atoms with Crippen LogP contribution >= 0.6 is 0 Å². The van der Waals surface area contributed by atoms with E-state index in [4.69, 9.17) is 4.99 Å². The van der Waals surface area contributed by atoms with Crippen molar-refractivity contribution in [2.24, 2.45) is 4.99 Å². The van der Waals surface area contributed by atoms with E-state index in [1.807, 2.05) is 6.20 Å². The zero-order valence-corrected chi connectivity index (χ0v) is 17.3. The van der Waals surface area contributed by atoms with Gasteiger partial charge >= 0.3 is 0 Å². The molecule has 5 nitrogen and oxygen atoms in total. The number of guanidine groups is 1. The summed E-state index contributed by atoms with van der Waals surface area (Å²) in [6.45, 7) is 7.80. The number of aromatic nitrogens is 1. The van der Waals surface area contributed by atoms with Gasteiger partial charge in [-0.15, -0.1) is 0 Å². The first-order valence-electron chi connectivity index (χ1n) is 10.8. The fourth-order valence-corrected chi connectivity index (χ4v) is 4.05. The van der Waals surface area contributed by atoms with Gasteiger partial charge in [-0.05, 0) is 55.0 Å². The maximum atomic E-state index is 4.93. The second-order valence-corrected chi connectivity index (χ2v) is 7.68. The highest BCUT2D eigenvalue weighted by atomic mass is 15.3. The van der Waals surface area contributed by atoms with Crippen molar-refractivity contribution in [1.29, 1.82) is 0 Å². The molecule has 1 aromatic heterocycles. The molecule has 1 N–H and O–H groups in total. The van der Waals surface area contributed by atoms with Crippen molar-refractivity contribution < 1.29 is 0 Å². The molecule has 0 atom stereocenters. The van der Waals surface area contributed by atoms with Crippen molar-refractivity contribution in [3.8, 4) is 0 Å². The number of hydrogen-bond acceptors (Lipinski definition) is 3. The molecule has 4 rings (SSSR count). The minimum atomic E-state index is 0.678. The lowest BCUT2D eigenvalue weighted by Gasteiger charge is -2.30. The minimum absolute atomic E-state index is 0.678. The van der Waals surface area contributed by atoms with Gasteiger partial charge in [0.2, 0.25) is 0 Å². The predicted octanol–water partition coefficient (Wildman–Crippen LogP) is 3.94. The van der Waals surface area contributed by atoms with Crippen LogP contribution in [0, 0.1) is 0 Å². The number of rotatable bonds is 5.